The number of carbonyl (C=O) groups excluding carboxylic acids is 1. The molecule has 8 nitrogen and oxygen atoms in total. The van der Waals surface area contributed by atoms with Gasteiger partial charge in [-0.1, -0.05) is 12.8 Å². The first-order valence-electron chi connectivity index (χ1n) is 10.8. The predicted octanol–water partition coefficient (Wildman–Crippen LogP) is 1.62. The number of piperazine rings is 1. The summed E-state index contributed by atoms with van der Waals surface area (Å²) < 4.78 is 1.76. The summed E-state index contributed by atoms with van der Waals surface area (Å²) in [6.45, 7) is 5.32. The van der Waals surface area contributed by atoms with Crippen molar-refractivity contribution in [1.82, 2.24) is 29.5 Å². The molecule has 3 fully saturated rings. The van der Waals surface area contributed by atoms with Crippen LogP contribution in [0.3, 0.4) is 0 Å². The van der Waals surface area contributed by atoms with Crippen molar-refractivity contribution in [3.8, 4) is 0 Å². The van der Waals surface area contributed by atoms with Crippen LogP contribution in [0.15, 0.2) is 6.20 Å². The molecular weight excluding hydrogens is 386 g/mol. The largest absolute Gasteiger partial charge is 0.354 e. The summed E-state index contributed by atoms with van der Waals surface area (Å²) in [5.41, 5.74) is 0.615. The number of hydrogen-bond donors (Lipinski definition) is 0. The highest BCUT2D eigenvalue weighted by Crippen LogP contribution is 2.27. The molecule has 5 rings (SSSR count). The van der Waals surface area contributed by atoms with Gasteiger partial charge in [-0.25, -0.2) is 9.97 Å². The van der Waals surface area contributed by atoms with Crippen molar-refractivity contribution in [3.05, 3.63) is 12.0 Å². The molecule has 0 spiro atoms. The zero-order chi connectivity index (χ0) is 19.8. The molecular formula is C20H29N7OS. The Hall–Kier alpha value is -1.87. The molecule has 4 heterocycles. The molecule has 0 aromatic carbocycles. The van der Waals surface area contributed by atoms with E-state index in [4.69, 9.17) is 4.98 Å². The number of carbonyl (C=O) groups is 1. The van der Waals surface area contributed by atoms with Crippen LogP contribution in [0.4, 0.5) is 5.82 Å². The van der Waals surface area contributed by atoms with Crippen LogP contribution in [0.2, 0.25) is 0 Å². The molecule has 2 saturated heterocycles. The van der Waals surface area contributed by atoms with Gasteiger partial charge in [-0.2, -0.15) is 16.9 Å². The highest BCUT2D eigenvalue weighted by Gasteiger charge is 2.30. The van der Waals surface area contributed by atoms with Gasteiger partial charge in [-0.3, -0.25) is 14.4 Å². The number of anilines is 1. The van der Waals surface area contributed by atoms with Gasteiger partial charge in [-0.15, -0.1) is 0 Å². The number of hydrogen-bond acceptors (Lipinski definition) is 7. The summed E-state index contributed by atoms with van der Waals surface area (Å²) in [6.07, 6.45) is 7.27. The van der Waals surface area contributed by atoms with Gasteiger partial charge < -0.3 is 9.80 Å². The Balaban J connectivity index is 1.37. The third-order valence-electron chi connectivity index (χ3n) is 6.42. The molecule has 1 saturated carbocycles. The molecule has 156 valence electrons. The number of rotatable bonds is 3. The summed E-state index contributed by atoms with van der Waals surface area (Å²) in [7, 11) is 1.89. The first-order valence-corrected chi connectivity index (χ1v) is 11.9. The third-order valence-corrected chi connectivity index (χ3v) is 7.36. The molecule has 29 heavy (non-hydrogen) atoms. The van der Waals surface area contributed by atoms with Crippen LogP contribution < -0.4 is 4.90 Å². The second kappa shape index (κ2) is 8.10. The normalized spacial score (nSPS) is 22.0. The zero-order valence-electron chi connectivity index (χ0n) is 17.1. The topological polar surface area (TPSA) is 70.4 Å². The van der Waals surface area contributed by atoms with Gasteiger partial charge in [-0.05, 0) is 12.8 Å². The molecule has 1 amide bonds. The third kappa shape index (κ3) is 3.82. The molecule has 2 aromatic rings. The van der Waals surface area contributed by atoms with E-state index in [0.717, 1.165) is 68.0 Å². The minimum absolute atomic E-state index is 0.0590. The SMILES string of the molecule is Cn1cc2c(N3CCSCC3)nc(C(=O)N3CCN(C4CCCC4)CC3)nc2n1. The molecule has 2 aromatic heterocycles. The van der Waals surface area contributed by atoms with Crippen molar-refractivity contribution in [2.75, 3.05) is 55.7 Å². The predicted molar refractivity (Wildman–Crippen MR) is 116 cm³/mol. The van der Waals surface area contributed by atoms with Gasteiger partial charge in [0.1, 0.15) is 5.82 Å². The fourth-order valence-electron chi connectivity index (χ4n) is 4.82. The lowest BCUT2D eigenvalue weighted by atomic mass is 10.2. The van der Waals surface area contributed by atoms with Crippen molar-refractivity contribution < 1.29 is 4.79 Å². The number of amides is 1. The van der Waals surface area contributed by atoms with Crippen LogP contribution in [-0.2, 0) is 7.05 Å². The van der Waals surface area contributed by atoms with Crippen molar-refractivity contribution in [2.24, 2.45) is 7.05 Å². The van der Waals surface area contributed by atoms with Gasteiger partial charge in [0.05, 0.1) is 5.39 Å². The van der Waals surface area contributed by atoms with Crippen molar-refractivity contribution in [2.45, 2.75) is 31.7 Å². The Morgan fingerprint density at radius 3 is 2.48 bits per heavy atom. The molecule has 1 aliphatic carbocycles. The van der Waals surface area contributed by atoms with E-state index in [2.05, 4.69) is 19.9 Å². The van der Waals surface area contributed by atoms with Crippen LogP contribution in [0.1, 0.15) is 36.3 Å². The Morgan fingerprint density at radius 2 is 1.76 bits per heavy atom. The van der Waals surface area contributed by atoms with Crippen molar-refractivity contribution in [1.29, 1.82) is 0 Å². The quantitative estimate of drug-likeness (QED) is 0.754. The number of thioether (sulfide) groups is 1. The first-order chi connectivity index (χ1) is 14.2. The lowest BCUT2D eigenvalue weighted by Crippen LogP contribution is -2.51. The summed E-state index contributed by atoms with van der Waals surface area (Å²) >= 11 is 1.96. The summed E-state index contributed by atoms with van der Waals surface area (Å²) in [5.74, 6) is 3.25. The molecule has 9 heteroatoms. The average Bonchev–Trinajstić information content (AvgIpc) is 3.42. The van der Waals surface area contributed by atoms with Crippen molar-refractivity contribution in [3.63, 3.8) is 0 Å². The maximum atomic E-state index is 13.2. The Labute approximate surface area is 175 Å². The Kier molecular flexibility index (Phi) is 5.34. The lowest BCUT2D eigenvalue weighted by Gasteiger charge is -2.37. The molecule has 0 atom stereocenters. The van der Waals surface area contributed by atoms with E-state index < -0.39 is 0 Å². The summed E-state index contributed by atoms with van der Waals surface area (Å²) in [6, 6.07) is 0.719. The van der Waals surface area contributed by atoms with E-state index >= 15 is 0 Å². The standard InChI is InChI=1S/C20H29N7OS/c1-24-14-16-17(23-24)21-18(22-19(16)26-10-12-29-13-11-26)20(28)27-8-6-25(7-9-27)15-4-2-3-5-15/h14-15H,2-13H2,1H3. The minimum atomic E-state index is -0.0590. The lowest BCUT2D eigenvalue weighted by molar-refractivity contribution is 0.0562. The second-order valence-electron chi connectivity index (χ2n) is 8.28. The van der Waals surface area contributed by atoms with Crippen LogP contribution in [0.25, 0.3) is 11.0 Å². The number of aryl methyl sites for hydroxylation is 1. The van der Waals surface area contributed by atoms with E-state index in [1.165, 1.54) is 25.7 Å². The molecule has 2 aliphatic heterocycles. The molecule has 0 unspecified atom stereocenters. The maximum absolute atomic E-state index is 13.2. The molecule has 0 N–H and O–H groups in total. The highest BCUT2D eigenvalue weighted by atomic mass is 32.2. The summed E-state index contributed by atoms with van der Waals surface area (Å²) in [5, 5.41) is 5.41. The van der Waals surface area contributed by atoms with E-state index in [0.29, 0.717) is 11.5 Å². The maximum Gasteiger partial charge on any atom is 0.291 e. The smallest absolute Gasteiger partial charge is 0.291 e. The molecule has 0 radical (unpaired) electrons. The van der Waals surface area contributed by atoms with Crippen LogP contribution in [0.5, 0.6) is 0 Å². The van der Waals surface area contributed by atoms with E-state index in [-0.39, 0.29) is 5.91 Å². The first kappa shape index (κ1) is 19.1. The van der Waals surface area contributed by atoms with Gasteiger partial charge in [0.15, 0.2) is 5.65 Å². The van der Waals surface area contributed by atoms with E-state index in [1.54, 1.807) is 4.68 Å². The fraction of sp³-hybridized carbons (Fsp3) is 0.700. The number of aromatic nitrogens is 4. The van der Waals surface area contributed by atoms with Gasteiger partial charge in [0.25, 0.3) is 5.91 Å². The molecule has 0 bridgehead atoms. The Morgan fingerprint density at radius 1 is 1.03 bits per heavy atom. The van der Waals surface area contributed by atoms with Crippen molar-refractivity contribution >= 4 is 34.5 Å². The fourth-order valence-corrected chi connectivity index (χ4v) is 5.72. The summed E-state index contributed by atoms with van der Waals surface area (Å²) in [4.78, 5) is 29.3. The Bertz CT molecular complexity index is 880. The molecule has 3 aliphatic rings. The number of fused-ring (bicyclic) bond motifs is 1. The van der Waals surface area contributed by atoms with Crippen LogP contribution in [-0.4, -0.2) is 92.3 Å². The number of nitrogens with zero attached hydrogens (tertiary/aromatic N) is 7. The second-order valence-corrected chi connectivity index (χ2v) is 9.50. The van der Waals surface area contributed by atoms with E-state index in [9.17, 15) is 4.79 Å². The minimum Gasteiger partial charge on any atom is -0.354 e. The van der Waals surface area contributed by atoms with Gasteiger partial charge >= 0.3 is 0 Å². The average molecular weight is 416 g/mol. The zero-order valence-corrected chi connectivity index (χ0v) is 17.9. The monoisotopic (exact) mass is 415 g/mol. The van der Waals surface area contributed by atoms with Gasteiger partial charge in [0.2, 0.25) is 5.82 Å². The van der Waals surface area contributed by atoms with Crippen LogP contribution in [0, 0.1) is 0 Å². The highest BCUT2D eigenvalue weighted by molar-refractivity contribution is 7.99. The van der Waals surface area contributed by atoms with Crippen LogP contribution >= 0.6 is 11.8 Å². The van der Waals surface area contributed by atoms with Gasteiger partial charge in [0, 0.05) is 70.1 Å². The van der Waals surface area contributed by atoms with E-state index in [1.807, 2.05) is 29.9 Å².